The maximum Gasteiger partial charge on any atom is 0.328 e. The molecule has 2 heterocycles. The van der Waals surface area contributed by atoms with Crippen molar-refractivity contribution in [2.24, 2.45) is 5.92 Å². The van der Waals surface area contributed by atoms with Gasteiger partial charge >= 0.3 is 5.97 Å². The zero-order chi connectivity index (χ0) is 18.8. The summed E-state index contributed by atoms with van der Waals surface area (Å²) in [4.78, 5) is 43.3. The highest BCUT2D eigenvalue weighted by atomic mass is 32.1. The van der Waals surface area contributed by atoms with Crippen LogP contribution in [0.3, 0.4) is 0 Å². The first kappa shape index (κ1) is 18.6. The quantitative estimate of drug-likeness (QED) is 0.773. The number of aryl methyl sites for hydroxylation is 2. The van der Waals surface area contributed by atoms with Crippen LogP contribution in [0.15, 0.2) is 11.1 Å². The molecule has 0 radical (unpaired) electrons. The highest BCUT2D eigenvalue weighted by Crippen LogP contribution is 2.34. The zero-order valence-corrected chi connectivity index (χ0v) is 16.0. The Labute approximate surface area is 155 Å². The van der Waals surface area contributed by atoms with Gasteiger partial charge in [-0.2, -0.15) is 0 Å². The maximum atomic E-state index is 12.8. The van der Waals surface area contributed by atoms with E-state index in [1.807, 2.05) is 13.8 Å². The minimum atomic E-state index is -0.717. The van der Waals surface area contributed by atoms with Crippen LogP contribution in [0, 0.1) is 5.92 Å². The van der Waals surface area contributed by atoms with E-state index < -0.39 is 17.9 Å². The van der Waals surface area contributed by atoms with Crippen LogP contribution >= 0.6 is 11.3 Å². The van der Waals surface area contributed by atoms with Crippen molar-refractivity contribution in [1.29, 1.82) is 0 Å². The van der Waals surface area contributed by atoms with Gasteiger partial charge < -0.3 is 10.1 Å². The number of aromatic nitrogens is 2. The molecule has 1 N–H and O–H groups in total. The third-order valence-electron chi connectivity index (χ3n) is 4.53. The monoisotopic (exact) mass is 377 g/mol. The Hall–Kier alpha value is -2.22. The van der Waals surface area contributed by atoms with Crippen molar-refractivity contribution >= 4 is 33.4 Å². The second-order valence-electron chi connectivity index (χ2n) is 6.99. The van der Waals surface area contributed by atoms with E-state index in [9.17, 15) is 14.4 Å². The summed E-state index contributed by atoms with van der Waals surface area (Å²) < 4.78 is 6.06. The molecule has 1 atom stereocenters. The normalized spacial score (nSPS) is 14.5. The van der Waals surface area contributed by atoms with Crippen molar-refractivity contribution < 1.29 is 14.3 Å². The predicted octanol–water partition coefficient (Wildman–Crippen LogP) is 1.65. The lowest BCUT2D eigenvalue weighted by molar-refractivity contribution is -0.145. The molecule has 3 rings (SSSR count). The number of rotatable bonds is 6. The van der Waals surface area contributed by atoms with Gasteiger partial charge in [-0.1, -0.05) is 13.8 Å². The number of ether oxygens (including phenoxy) is 1. The molecule has 2 aromatic heterocycles. The average Bonchev–Trinajstić information content (AvgIpc) is 3.16. The molecule has 0 unspecified atom stereocenters. The summed E-state index contributed by atoms with van der Waals surface area (Å²) in [6, 6.07) is -0.717. The van der Waals surface area contributed by atoms with Crippen molar-refractivity contribution in [1.82, 2.24) is 14.9 Å². The number of nitrogens with zero attached hydrogens (tertiary/aromatic N) is 2. The SMILES string of the molecule is COC(=O)[C@@H](CC(C)C)NC(=O)Cn1cnc2sc3c(c2c1=O)CCC3. The number of esters is 1. The van der Waals surface area contributed by atoms with Gasteiger partial charge in [0.15, 0.2) is 0 Å². The van der Waals surface area contributed by atoms with Crippen molar-refractivity contribution in [3.05, 3.63) is 27.1 Å². The van der Waals surface area contributed by atoms with Gasteiger partial charge in [-0.3, -0.25) is 14.2 Å². The average molecular weight is 377 g/mol. The summed E-state index contributed by atoms with van der Waals surface area (Å²) in [6.45, 7) is 3.75. The molecule has 1 amide bonds. The number of hydrogen-bond acceptors (Lipinski definition) is 6. The number of carbonyl (C=O) groups is 2. The first-order chi connectivity index (χ1) is 12.4. The van der Waals surface area contributed by atoms with E-state index in [1.54, 1.807) is 11.3 Å². The Kier molecular flexibility index (Phi) is 5.41. The minimum absolute atomic E-state index is 0.169. The number of amides is 1. The van der Waals surface area contributed by atoms with Gasteiger partial charge in [0.25, 0.3) is 5.56 Å². The first-order valence-electron chi connectivity index (χ1n) is 8.77. The Balaban J connectivity index is 1.80. The number of fused-ring (bicyclic) bond motifs is 3. The predicted molar refractivity (Wildman–Crippen MR) is 99.3 cm³/mol. The Morgan fingerprint density at radius 3 is 2.85 bits per heavy atom. The number of carbonyl (C=O) groups excluding carboxylic acids is 2. The smallest absolute Gasteiger partial charge is 0.328 e. The van der Waals surface area contributed by atoms with E-state index in [1.165, 1.54) is 22.9 Å². The lowest BCUT2D eigenvalue weighted by Gasteiger charge is -2.18. The molecule has 1 aliphatic carbocycles. The fourth-order valence-corrected chi connectivity index (χ4v) is 4.57. The molecular weight excluding hydrogens is 354 g/mol. The molecule has 0 aromatic carbocycles. The lowest BCUT2D eigenvalue weighted by atomic mass is 10.0. The molecule has 8 heteroatoms. The van der Waals surface area contributed by atoms with Gasteiger partial charge in [-0.05, 0) is 37.2 Å². The van der Waals surface area contributed by atoms with Crippen LogP contribution in [0.5, 0.6) is 0 Å². The van der Waals surface area contributed by atoms with Crippen LogP contribution in [0.2, 0.25) is 0 Å². The van der Waals surface area contributed by atoms with E-state index >= 15 is 0 Å². The van der Waals surface area contributed by atoms with Gasteiger partial charge in [0.2, 0.25) is 5.91 Å². The molecule has 0 bridgehead atoms. The Morgan fingerprint density at radius 1 is 1.38 bits per heavy atom. The zero-order valence-electron chi connectivity index (χ0n) is 15.2. The minimum Gasteiger partial charge on any atom is -0.467 e. The van der Waals surface area contributed by atoms with Crippen LogP contribution in [-0.4, -0.2) is 34.6 Å². The molecular formula is C18H23N3O4S. The van der Waals surface area contributed by atoms with Crippen molar-refractivity contribution in [3.63, 3.8) is 0 Å². The van der Waals surface area contributed by atoms with Crippen LogP contribution in [-0.2, 0) is 33.7 Å². The van der Waals surface area contributed by atoms with E-state index in [2.05, 4.69) is 10.3 Å². The summed E-state index contributed by atoms with van der Waals surface area (Å²) in [5.41, 5.74) is 0.896. The van der Waals surface area contributed by atoms with Gasteiger partial charge in [0, 0.05) is 4.88 Å². The van der Waals surface area contributed by atoms with Crippen molar-refractivity contribution in [2.75, 3.05) is 7.11 Å². The number of methoxy groups -OCH3 is 1. The van der Waals surface area contributed by atoms with E-state index in [0.717, 1.165) is 29.7 Å². The number of thiophene rings is 1. The molecule has 0 saturated carbocycles. The number of nitrogens with one attached hydrogen (secondary N) is 1. The third-order valence-corrected chi connectivity index (χ3v) is 5.73. The number of hydrogen-bond donors (Lipinski definition) is 1. The summed E-state index contributed by atoms with van der Waals surface area (Å²) in [6.07, 6.45) is 4.82. The molecule has 1 aliphatic rings. The van der Waals surface area contributed by atoms with Crippen LogP contribution in [0.25, 0.3) is 10.2 Å². The molecule has 2 aromatic rings. The van der Waals surface area contributed by atoms with Crippen LogP contribution in [0.1, 0.15) is 37.1 Å². The fourth-order valence-electron chi connectivity index (χ4n) is 3.35. The molecule has 0 fully saturated rings. The highest BCUT2D eigenvalue weighted by molar-refractivity contribution is 7.18. The summed E-state index contributed by atoms with van der Waals surface area (Å²) in [5.74, 6) is -0.673. The second kappa shape index (κ2) is 7.57. The Bertz CT molecular complexity index is 900. The highest BCUT2D eigenvalue weighted by Gasteiger charge is 2.24. The van der Waals surface area contributed by atoms with Gasteiger partial charge in [-0.25, -0.2) is 9.78 Å². The van der Waals surface area contributed by atoms with Gasteiger partial charge in [0.05, 0.1) is 18.8 Å². The van der Waals surface area contributed by atoms with E-state index in [4.69, 9.17) is 4.74 Å². The lowest BCUT2D eigenvalue weighted by Crippen LogP contribution is -2.44. The van der Waals surface area contributed by atoms with Crippen LogP contribution < -0.4 is 10.9 Å². The fraction of sp³-hybridized carbons (Fsp3) is 0.556. The Morgan fingerprint density at radius 2 is 2.15 bits per heavy atom. The van der Waals surface area contributed by atoms with Gasteiger partial charge in [-0.15, -0.1) is 11.3 Å². The topological polar surface area (TPSA) is 90.3 Å². The molecule has 0 saturated heterocycles. The van der Waals surface area contributed by atoms with E-state index in [-0.39, 0.29) is 18.0 Å². The second-order valence-corrected chi connectivity index (χ2v) is 8.07. The van der Waals surface area contributed by atoms with Crippen LogP contribution in [0.4, 0.5) is 0 Å². The molecule has 7 nitrogen and oxygen atoms in total. The summed E-state index contributed by atoms with van der Waals surface area (Å²) >= 11 is 1.57. The van der Waals surface area contributed by atoms with Crippen molar-refractivity contribution in [3.8, 4) is 0 Å². The molecule has 26 heavy (non-hydrogen) atoms. The standard InChI is InChI=1S/C18H23N3O4S/c1-10(2)7-12(18(24)25-3)20-14(22)8-21-9-19-16-15(17(21)23)11-5-4-6-13(11)26-16/h9-10,12H,4-8H2,1-3H3,(H,20,22)/t12-/m1/s1. The molecule has 0 aliphatic heterocycles. The summed E-state index contributed by atoms with van der Waals surface area (Å²) in [7, 11) is 1.29. The molecule has 140 valence electrons. The maximum absolute atomic E-state index is 12.8. The van der Waals surface area contributed by atoms with E-state index in [0.29, 0.717) is 11.8 Å². The van der Waals surface area contributed by atoms with Gasteiger partial charge in [0.1, 0.15) is 17.4 Å². The largest absolute Gasteiger partial charge is 0.467 e. The third kappa shape index (κ3) is 3.65. The summed E-state index contributed by atoms with van der Waals surface area (Å²) in [5, 5.41) is 3.31. The van der Waals surface area contributed by atoms with Crippen molar-refractivity contribution in [2.45, 2.75) is 52.1 Å². The molecule has 0 spiro atoms. The first-order valence-corrected chi connectivity index (χ1v) is 9.59.